The minimum Gasteiger partial charge on any atom is -0.467 e. The summed E-state index contributed by atoms with van der Waals surface area (Å²) in [7, 11) is 0. The van der Waals surface area contributed by atoms with Crippen molar-refractivity contribution in [2.45, 2.75) is 70.5 Å². The first-order valence-electron chi connectivity index (χ1n) is 12.0. The second-order valence-electron chi connectivity index (χ2n) is 9.99. The van der Waals surface area contributed by atoms with Crippen molar-refractivity contribution < 1.29 is 33.4 Å². The summed E-state index contributed by atoms with van der Waals surface area (Å²) in [5, 5.41) is 2.97. The molecule has 2 N–H and O–H groups in total. The topological polar surface area (TPSA) is 115 Å². The number of carbonyl (C=O) groups excluding carboxylic acids is 3. The molecule has 1 unspecified atom stereocenters. The number of nitrogens with one attached hydrogen (secondary N) is 2. The average molecular weight is 488 g/mol. The van der Waals surface area contributed by atoms with Gasteiger partial charge in [-0.25, -0.2) is 15.1 Å². The molecule has 190 valence electrons. The number of amides is 3. The van der Waals surface area contributed by atoms with Crippen LogP contribution in [0.25, 0.3) is 6.08 Å². The van der Waals surface area contributed by atoms with E-state index in [1.54, 1.807) is 29.2 Å². The van der Waals surface area contributed by atoms with Crippen LogP contribution in [0.1, 0.15) is 68.8 Å². The molecular formula is C25H33N3O7. The van der Waals surface area contributed by atoms with Crippen LogP contribution in [0.2, 0.25) is 0 Å². The third-order valence-corrected chi connectivity index (χ3v) is 5.97. The Kier molecular flexibility index (Phi) is 7.32. The van der Waals surface area contributed by atoms with Crippen LogP contribution in [0.3, 0.4) is 0 Å². The van der Waals surface area contributed by atoms with Crippen LogP contribution in [0.5, 0.6) is 5.75 Å². The number of piperidine rings is 1. The molecule has 1 aromatic rings. The van der Waals surface area contributed by atoms with Gasteiger partial charge < -0.3 is 24.4 Å². The molecule has 1 spiro atoms. The summed E-state index contributed by atoms with van der Waals surface area (Å²) < 4.78 is 17.0. The van der Waals surface area contributed by atoms with Gasteiger partial charge in [0.1, 0.15) is 11.4 Å². The predicted molar refractivity (Wildman–Crippen MR) is 126 cm³/mol. The summed E-state index contributed by atoms with van der Waals surface area (Å²) in [6, 6.07) is 5.16. The lowest BCUT2D eigenvalue weighted by atomic mass is 9.96. The van der Waals surface area contributed by atoms with Gasteiger partial charge in [-0.3, -0.25) is 9.59 Å². The van der Waals surface area contributed by atoms with Crippen molar-refractivity contribution in [1.82, 2.24) is 15.7 Å². The zero-order chi connectivity index (χ0) is 25.1. The Labute approximate surface area is 204 Å². The molecule has 35 heavy (non-hydrogen) atoms. The van der Waals surface area contributed by atoms with Crippen LogP contribution in [0.4, 0.5) is 4.79 Å². The summed E-state index contributed by atoms with van der Waals surface area (Å²) in [5.74, 6) is -0.207. The van der Waals surface area contributed by atoms with Crippen molar-refractivity contribution in [3.05, 3.63) is 35.4 Å². The van der Waals surface area contributed by atoms with Crippen molar-refractivity contribution in [3.63, 3.8) is 0 Å². The van der Waals surface area contributed by atoms with Crippen LogP contribution >= 0.6 is 0 Å². The Morgan fingerprint density at radius 2 is 2.00 bits per heavy atom. The molecule has 3 aliphatic heterocycles. The molecule has 0 aromatic heterocycles. The molecule has 3 heterocycles. The van der Waals surface area contributed by atoms with E-state index in [1.807, 2.05) is 20.8 Å². The summed E-state index contributed by atoms with van der Waals surface area (Å²) in [6.45, 7) is 6.93. The van der Waals surface area contributed by atoms with E-state index in [1.165, 1.54) is 6.08 Å². The Morgan fingerprint density at radius 3 is 2.69 bits per heavy atom. The maximum Gasteiger partial charge on any atom is 0.410 e. The number of hydrogen-bond acceptors (Lipinski definition) is 7. The highest BCUT2D eigenvalue weighted by atomic mass is 16.8. The molecule has 3 amide bonds. The minimum atomic E-state index is -0.863. The second-order valence-corrected chi connectivity index (χ2v) is 9.99. The van der Waals surface area contributed by atoms with Gasteiger partial charge in [0.05, 0.1) is 5.56 Å². The Balaban J connectivity index is 1.33. The van der Waals surface area contributed by atoms with E-state index in [9.17, 15) is 14.4 Å². The predicted octanol–water partition coefficient (Wildman–Crippen LogP) is 3.12. The van der Waals surface area contributed by atoms with Crippen LogP contribution in [-0.4, -0.2) is 60.1 Å². The Hall–Kier alpha value is -3.11. The van der Waals surface area contributed by atoms with E-state index in [4.69, 9.17) is 19.0 Å². The molecule has 4 rings (SSSR count). The lowest BCUT2D eigenvalue weighted by Crippen LogP contribution is -2.61. The normalized spacial score (nSPS) is 21.7. The molecule has 1 aromatic carbocycles. The monoisotopic (exact) mass is 487 g/mol. The fraction of sp³-hybridized carbons (Fsp3) is 0.560. The number of rotatable bonds is 4. The maximum atomic E-state index is 12.9. The molecule has 2 fully saturated rings. The van der Waals surface area contributed by atoms with Gasteiger partial charge >= 0.3 is 6.09 Å². The molecule has 0 saturated carbocycles. The van der Waals surface area contributed by atoms with E-state index in [-0.39, 0.29) is 12.0 Å². The fourth-order valence-electron chi connectivity index (χ4n) is 4.17. The highest BCUT2D eigenvalue weighted by molar-refractivity contribution is 5.99. The van der Waals surface area contributed by atoms with Gasteiger partial charge in [-0.1, -0.05) is 6.07 Å². The molecule has 10 nitrogen and oxygen atoms in total. The third kappa shape index (κ3) is 6.52. The Bertz CT molecular complexity index is 987. The highest BCUT2D eigenvalue weighted by Gasteiger charge is 2.43. The lowest BCUT2D eigenvalue weighted by Gasteiger charge is -2.44. The van der Waals surface area contributed by atoms with Gasteiger partial charge in [-0.05, 0) is 57.4 Å². The molecule has 1 atom stereocenters. The van der Waals surface area contributed by atoms with Gasteiger partial charge in [-0.2, -0.15) is 0 Å². The zero-order valence-electron chi connectivity index (χ0n) is 20.4. The standard InChI is InChI=1S/C25H33N3O7/c1-24(2,3)34-23(31)28-13-11-25(12-14-28)26-22(30)18-16-17(7-9-19(18)33-25)8-10-20(29)27-35-21-6-4-5-15-32-21/h7-10,16,21H,4-6,11-15H2,1-3H3,(H,26,30)(H,27,29). The van der Waals surface area contributed by atoms with Crippen molar-refractivity contribution >= 4 is 24.0 Å². The first-order valence-corrected chi connectivity index (χ1v) is 12.0. The van der Waals surface area contributed by atoms with Gasteiger partial charge in [0, 0.05) is 45.0 Å². The SMILES string of the molecule is CC(C)(C)OC(=O)N1CCC2(CC1)NC(=O)c1cc(C=CC(=O)NOC3CCCCO3)ccc1O2. The number of likely N-dealkylation sites (tertiary alicyclic amines) is 1. The average Bonchev–Trinajstić information content (AvgIpc) is 2.81. The van der Waals surface area contributed by atoms with E-state index in [0.717, 1.165) is 19.3 Å². The number of hydrogen-bond donors (Lipinski definition) is 2. The summed E-state index contributed by atoms with van der Waals surface area (Å²) in [6.07, 6.45) is 5.77. The second kappa shape index (κ2) is 10.2. The minimum absolute atomic E-state index is 0.255. The van der Waals surface area contributed by atoms with E-state index < -0.39 is 23.5 Å². The van der Waals surface area contributed by atoms with Crippen LogP contribution in [-0.2, 0) is 19.1 Å². The van der Waals surface area contributed by atoms with Crippen molar-refractivity contribution in [3.8, 4) is 5.75 Å². The first-order chi connectivity index (χ1) is 16.6. The van der Waals surface area contributed by atoms with E-state index in [2.05, 4.69) is 10.8 Å². The molecule has 0 radical (unpaired) electrons. The Morgan fingerprint density at radius 1 is 1.23 bits per heavy atom. The van der Waals surface area contributed by atoms with E-state index in [0.29, 0.717) is 49.4 Å². The number of benzene rings is 1. The van der Waals surface area contributed by atoms with Crippen LogP contribution in [0, 0.1) is 0 Å². The number of fused-ring (bicyclic) bond motifs is 1. The molecule has 2 saturated heterocycles. The van der Waals surface area contributed by atoms with Gasteiger partial charge in [0.2, 0.25) is 0 Å². The number of hydroxylamine groups is 1. The first kappa shape index (κ1) is 25.0. The zero-order valence-corrected chi connectivity index (χ0v) is 20.4. The van der Waals surface area contributed by atoms with Crippen LogP contribution < -0.4 is 15.5 Å². The number of carbonyl (C=O) groups is 3. The third-order valence-electron chi connectivity index (χ3n) is 5.97. The quantitative estimate of drug-likeness (QED) is 0.495. The van der Waals surface area contributed by atoms with Crippen molar-refractivity contribution in [1.29, 1.82) is 0 Å². The van der Waals surface area contributed by atoms with Gasteiger partial charge in [-0.15, -0.1) is 0 Å². The van der Waals surface area contributed by atoms with E-state index >= 15 is 0 Å². The fourth-order valence-corrected chi connectivity index (χ4v) is 4.17. The largest absolute Gasteiger partial charge is 0.467 e. The van der Waals surface area contributed by atoms with Crippen molar-refractivity contribution in [2.24, 2.45) is 0 Å². The molecule has 10 heteroatoms. The van der Waals surface area contributed by atoms with Gasteiger partial charge in [0.15, 0.2) is 12.0 Å². The lowest BCUT2D eigenvalue weighted by molar-refractivity contribution is -0.198. The highest BCUT2D eigenvalue weighted by Crippen LogP contribution is 2.34. The summed E-state index contributed by atoms with van der Waals surface area (Å²) in [4.78, 5) is 44.2. The number of ether oxygens (including phenoxy) is 3. The summed E-state index contributed by atoms with van der Waals surface area (Å²) >= 11 is 0. The maximum absolute atomic E-state index is 12.9. The van der Waals surface area contributed by atoms with Crippen LogP contribution in [0.15, 0.2) is 24.3 Å². The molecule has 0 aliphatic carbocycles. The molecular weight excluding hydrogens is 454 g/mol. The molecule has 3 aliphatic rings. The smallest absolute Gasteiger partial charge is 0.410 e. The summed E-state index contributed by atoms with van der Waals surface area (Å²) in [5.41, 5.74) is 1.99. The van der Waals surface area contributed by atoms with Crippen molar-refractivity contribution in [2.75, 3.05) is 19.7 Å². The molecule has 0 bridgehead atoms. The number of nitrogens with zero attached hydrogens (tertiary/aromatic N) is 1. The van der Waals surface area contributed by atoms with Gasteiger partial charge in [0.25, 0.3) is 11.8 Å².